The van der Waals surface area contributed by atoms with Crippen LogP contribution < -0.4 is 5.73 Å². The Morgan fingerprint density at radius 2 is 1.67 bits per heavy atom. The zero-order chi connectivity index (χ0) is 13.9. The second-order valence-electron chi connectivity index (χ2n) is 6.25. The van der Waals surface area contributed by atoms with Gasteiger partial charge in [0.2, 0.25) is 0 Å². The number of hydrogen-bond acceptors (Lipinski definition) is 2. The summed E-state index contributed by atoms with van der Waals surface area (Å²) in [6, 6.07) is 4.54. The molecule has 0 aliphatic rings. The van der Waals surface area contributed by atoms with Gasteiger partial charge in [0.1, 0.15) is 0 Å². The molecule has 1 unspecified atom stereocenters. The number of benzene rings is 1. The molecule has 2 heteroatoms. The van der Waals surface area contributed by atoms with Crippen molar-refractivity contribution in [1.29, 1.82) is 0 Å². The molecule has 102 valence electrons. The van der Waals surface area contributed by atoms with Gasteiger partial charge in [-0.05, 0) is 54.4 Å². The topological polar surface area (TPSA) is 46.2 Å². The minimum absolute atomic E-state index is 0.0335. The first-order valence-electron chi connectivity index (χ1n) is 6.75. The van der Waals surface area contributed by atoms with E-state index >= 15 is 0 Å². The van der Waals surface area contributed by atoms with E-state index in [1.807, 2.05) is 0 Å². The molecule has 2 nitrogen and oxygen atoms in total. The third-order valence-electron chi connectivity index (χ3n) is 3.50. The Morgan fingerprint density at radius 1 is 1.17 bits per heavy atom. The summed E-state index contributed by atoms with van der Waals surface area (Å²) in [5, 5.41) is 8.90. The van der Waals surface area contributed by atoms with E-state index in [2.05, 4.69) is 46.8 Å². The number of nitrogens with two attached hydrogens (primary N) is 1. The molecule has 0 saturated heterocycles. The molecular weight excluding hydrogens is 222 g/mol. The highest BCUT2D eigenvalue weighted by Crippen LogP contribution is 2.30. The highest BCUT2D eigenvalue weighted by Gasteiger charge is 2.18. The van der Waals surface area contributed by atoms with Gasteiger partial charge in [-0.1, -0.05) is 32.9 Å². The van der Waals surface area contributed by atoms with Gasteiger partial charge >= 0.3 is 0 Å². The number of aliphatic hydroxyl groups is 1. The first-order valence-corrected chi connectivity index (χ1v) is 6.75. The number of aliphatic hydroxyl groups excluding tert-OH is 1. The molecule has 0 bridgehead atoms. The summed E-state index contributed by atoms with van der Waals surface area (Å²) in [5.41, 5.74) is 11.5. The van der Waals surface area contributed by atoms with Crippen LogP contribution in [-0.2, 0) is 5.41 Å². The molecule has 0 spiro atoms. The molecule has 0 amide bonds. The average Bonchev–Trinajstić information content (AvgIpc) is 2.24. The Kier molecular flexibility index (Phi) is 4.94. The second-order valence-corrected chi connectivity index (χ2v) is 6.25. The van der Waals surface area contributed by atoms with Gasteiger partial charge in [0.25, 0.3) is 0 Å². The van der Waals surface area contributed by atoms with Gasteiger partial charge in [0.05, 0.1) is 0 Å². The molecule has 0 aliphatic heterocycles. The fourth-order valence-corrected chi connectivity index (χ4v) is 2.45. The third kappa shape index (κ3) is 3.56. The molecule has 18 heavy (non-hydrogen) atoms. The lowest BCUT2D eigenvalue weighted by Crippen LogP contribution is -2.17. The summed E-state index contributed by atoms with van der Waals surface area (Å²) < 4.78 is 0. The first kappa shape index (κ1) is 15.2. The van der Waals surface area contributed by atoms with Crippen LogP contribution in [0.15, 0.2) is 12.1 Å². The van der Waals surface area contributed by atoms with Crippen molar-refractivity contribution in [2.75, 3.05) is 6.61 Å². The van der Waals surface area contributed by atoms with Crippen LogP contribution in [0.25, 0.3) is 0 Å². The van der Waals surface area contributed by atoms with E-state index in [9.17, 15) is 0 Å². The summed E-state index contributed by atoms with van der Waals surface area (Å²) in [5.74, 6) is 0. The van der Waals surface area contributed by atoms with Crippen LogP contribution in [-0.4, -0.2) is 11.7 Å². The summed E-state index contributed by atoms with van der Waals surface area (Å²) in [6.07, 6.45) is 1.61. The summed E-state index contributed by atoms with van der Waals surface area (Å²) in [7, 11) is 0. The van der Waals surface area contributed by atoms with Crippen LogP contribution in [0.1, 0.15) is 61.9 Å². The van der Waals surface area contributed by atoms with Gasteiger partial charge in [0, 0.05) is 12.6 Å². The smallest absolute Gasteiger partial charge is 0.0431 e. The Hall–Kier alpha value is -0.860. The van der Waals surface area contributed by atoms with Gasteiger partial charge in [-0.25, -0.2) is 0 Å². The van der Waals surface area contributed by atoms with E-state index in [0.29, 0.717) is 0 Å². The molecule has 0 aliphatic carbocycles. The van der Waals surface area contributed by atoms with Crippen molar-refractivity contribution in [2.45, 2.75) is 58.9 Å². The third-order valence-corrected chi connectivity index (χ3v) is 3.50. The maximum atomic E-state index is 8.90. The van der Waals surface area contributed by atoms with Crippen molar-refractivity contribution in [1.82, 2.24) is 0 Å². The van der Waals surface area contributed by atoms with Gasteiger partial charge in [-0.2, -0.15) is 0 Å². The minimum Gasteiger partial charge on any atom is -0.396 e. The largest absolute Gasteiger partial charge is 0.396 e. The predicted octanol–water partition coefficient (Wildman–Crippen LogP) is 3.37. The standard InChI is InChI=1S/C16H27NO/c1-11-9-13(16(3,4)5)10-12(2)15(11)14(17)7-6-8-18/h9-10,14,18H,6-8,17H2,1-5H3. The Bertz CT molecular complexity index is 381. The summed E-state index contributed by atoms with van der Waals surface area (Å²) in [6.45, 7) is 11.2. The van der Waals surface area contributed by atoms with Crippen LogP contribution in [0.2, 0.25) is 0 Å². The van der Waals surface area contributed by atoms with Crippen LogP contribution in [0.5, 0.6) is 0 Å². The van der Waals surface area contributed by atoms with Gasteiger partial charge < -0.3 is 10.8 Å². The maximum Gasteiger partial charge on any atom is 0.0431 e. The molecule has 1 aromatic rings. The lowest BCUT2D eigenvalue weighted by Gasteiger charge is -2.24. The fraction of sp³-hybridized carbons (Fsp3) is 0.625. The van der Waals surface area contributed by atoms with Crippen molar-refractivity contribution in [3.8, 4) is 0 Å². The highest BCUT2D eigenvalue weighted by atomic mass is 16.2. The maximum absolute atomic E-state index is 8.90. The normalized spacial score (nSPS) is 13.7. The van der Waals surface area contributed by atoms with E-state index in [-0.39, 0.29) is 18.1 Å². The Labute approximate surface area is 111 Å². The van der Waals surface area contributed by atoms with Crippen molar-refractivity contribution >= 4 is 0 Å². The fourth-order valence-electron chi connectivity index (χ4n) is 2.45. The molecule has 3 N–H and O–H groups in total. The van der Waals surface area contributed by atoms with E-state index in [1.165, 1.54) is 22.3 Å². The number of hydrogen-bond donors (Lipinski definition) is 2. The summed E-state index contributed by atoms with van der Waals surface area (Å²) >= 11 is 0. The average molecular weight is 249 g/mol. The van der Waals surface area contributed by atoms with Crippen molar-refractivity contribution in [2.24, 2.45) is 5.73 Å². The molecule has 1 rings (SSSR count). The van der Waals surface area contributed by atoms with Gasteiger partial charge in [-0.15, -0.1) is 0 Å². The number of rotatable bonds is 4. The van der Waals surface area contributed by atoms with Crippen molar-refractivity contribution in [3.63, 3.8) is 0 Å². The summed E-state index contributed by atoms with van der Waals surface area (Å²) in [4.78, 5) is 0. The zero-order valence-corrected chi connectivity index (χ0v) is 12.4. The Morgan fingerprint density at radius 3 is 2.06 bits per heavy atom. The van der Waals surface area contributed by atoms with Crippen LogP contribution in [0.3, 0.4) is 0 Å². The Balaban J connectivity index is 3.09. The molecule has 0 fully saturated rings. The molecule has 0 heterocycles. The predicted molar refractivity (Wildman–Crippen MR) is 77.9 cm³/mol. The zero-order valence-electron chi connectivity index (χ0n) is 12.4. The van der Waals surface area contributed by atoms with Crippen LogP contribution in [0, 0.1) is 13.8 Å². The quantitative estimate of drug-likeness (QED) is 0.859. The van der Waals surface area contributed by atoms with Gasteiger partial charge in [-0.3, -0.25) is 0 Å². The molecule has 0 saturated carbocycles. The molecule has 0 aromatic heterocycles. The monoisotopic (exact) mass is 249 g/mol. The van der Waals surface area contributed by atoms with Crippen molar-refractivity contribution < 1.29 is 5.11 Å². The molecular formula is C16H27NO. The number of aryl methyl sites for hydroxylation is 2. The van der Waals surface area contributed by atoms with Gasteiger partial charge in [0.15, 0.2) is 0 Å². The minimum atomic E-state index is 0.0335. The molecule has 1 aromatic carbocycles. The van der Waals surface area contributed by atoms with E-state index < -0.39 is 0 Å². The lowest BCUT2D eigenvalue weighted by atomic mass is 9.82. The van der Waals surface area contributed by atoms with E-state index in [4.69, 9.17) is 10.8 Å². The second kappa shape index (κ2) is 5.85. The highest BCUT2D eigenvalue weighted by molar-refractivity contribution is 5.42. The first-order chi connectivity index (χ1) is 8.27. The lowest BCUT2D eigenvalue weighted by molar-refractivity contribution is 0.280. The molecule has 1 atom stereocenters. The van der Waals surface area contributed by atoms with E-state index in [0.717, 1.165) is 12.8 Å². The van der Waals surface area contributed by atoms with E-state index in [1.54, 1.807) is 0 Å². The van der Waals surface area contributed by atoms with Crippen molar-refractivity contribution in [3.05, 3.63) is 34.4 Å². The SMILES string of the molecule is Cc1cc(C(C)(C)C)cc(C)c1C(N)CCCO. The molecule has 0 radical (unpaired) electrons. The van der Waals surface area contributed by atoms with Crippen LogP contribution >= 0.6 is 0 Å². The van der Waals surface area contributed by atoms with Crippen LogP contribution in [0.4, 0.5) is 0 Å².